The third-order valence-corrected chi connectivity index (χ3v) is 5.87. The van der Waals surface area contributed by atoms with Crippen LogP contribution in [0.15, 0.2) is 24.5 Å². The van der Waals surface area contributed by atoms with Crippen LogP contribution in [-0.4, -0.2) is 57.0 Å². The Balaban J connectivity index is 1.37. The van der Waals surface area contributed by atoms with Gasteiger partial charge in [0.25, 0.3) is 0 Å². The Kier molecular flexibility index (Phi) is 6.69. The van der Waals surface area contributed by atoms with Crippen molar-refractivity contribution in [1.82, 2.24) is 14.9 Å². The Labute approximate surface area is 192 Å². The number of carbonyl (C=O) groups is 1. The van der Waals surface area contributed by atoms with Gasteiger partial charge >= 0.3 is 6.09 Å². The number of ether oxygens (including phenoxy) is 3. The molecule has 0 unspecified atom stereocenters. The minimum Gasteiger partial charge on any atom is -0.474 e. The number of amides is 1. The summed E-state index contributed by atoms with van der Waals surface area (Å²) in [5.74, 6) is 0.116. The third-order valence-electron chi connectivity index (χ3n) is 5.87. The van der Waals surface area contributed by atoms with Gasteiger partial charge in [-0.05, 0) is 51.3 Å². The fourth-order valence-corrected chi connectivity index (χ4v) is 3.77. The number of piperidine rings is 1. The van der Waals surface area contributed by atoms with E-state index < -0.39 is 11.4 Å². The summed E-state index contributed by atoms with van der Waals surface area (Å²) in [6, 6.07) is 4.68. The number of hydrogen-bond acceptors (Lipinski definition) is 7. The van der Waals surface area contributed by atoms with Gasteiger partial charge in [-0.25, -0.2) is 19.2 Å². The maximum atomic E-state index is 14.6. The minimum absolute atomic E-state index is 0.0475. The number of aliphatic hydroxyl groups is 1. The molecule has 33 heavy (non-hydrogen) atoms. The van der Waals surface area contributed by atoms with Crippen LogP contribution in [0.3, 0.4) is 0 Å². The zero-order valence-electron chi connectivity index (χ0n) is 19.2. The van der Waals surface area contributed by atoms with Gasteiger partial charge in [0.05, 0.1) is 17.3 Å². The lowest BCUT2D eigenvalue weighted by Gasteiger charge is -2.31. The first-order valence-electron chi connectivity index (χ1n) is 11.3. The molecule has 178 valence electrons. The highest BCUT2D eigenvalue weighted by atomic mass is 19.1. The second kappa shape index (κ2) is 9.51. The van der Waals surface area contributed by atoms with E-state index in [-0.39, 0.29) is 29.9 Å². The molecule has 1 saturated heterocycles. The first kappa shape index (κ1) is 23.2. The van der Waals surface area contributed by atoms with E-state index in [4.69, 9.17) is 14.2 Å². The van der Waals surface area contributed by atoms with E-state index in [2.05, 4.69) is 9.97 Å². The van der Waals surface area contributed by atoms with Gasteiger partial charge in [-0.3, -0.25) is 0 Å². The Morgan fingerprint density at radius 1 is 1.24 bits per heavy atom. The number of aromatic nitrogens is 2. The van der Waals surface area contributed by atoms with Gasteiger partial charge < -0.3 is 24.2 Å². The molecule has 0 atom stereocenters. The standard InChI is InChI=1S/C24H30FN3O5/c1-15(2)31-23(29)28-10-6-18(7-11-28)32-21-16(3)22(27-14-26-21)33-20-5-4-17(12-19(20)25)13-24(30)8-9-24/h4-5,12,14-15,18,30H,6-11,13H2,1-3H3. The van der Waals surface area contributed by atoms with Crippen LogP contribution in [0.1, 0.15) is 50.7 Å². The second-order valence-corrected chi connectivity index (χ2v) is 9.11. The number of nitrogens with zero attached hydrogens (tertiary/aromatic N) is 3. The topological polar surface area (TPSA) is 94.0 Å². The smallest absolute Gasteiger partial charge is 0.410 e. The summed E-state index contributed by atoms with van der Waals surface area (Å²) >= 11 is 0. The fourth-order valence-electron chi connectivity index (χ4n) is 3.77. The predicted molar refractivity (Wildman–Crippen MR) is 118 cm³/mol. The second-order valence-electron chi connectivity index (χ2n) is 9.11. The third kappa shape index (κ3) is 5.90. The molecule has 1 aliphatic heterocycles. The molecule has 1 aromatic carbocycles. The number of rotatable bonds is 7. The highest BCUT2D eigenvalue weighted by Gasteiger charge is 2.40. The van der Waals surface area contributed by atoms with E-state index in [0.29, 0.717) is 43.8 Å². The van der Waals surface area contributed by atoms with Gasteiger partial charge in [0, 0.05) is 32.4 Å². The Morgan fingerprint density at radius 2 is 1.94 bits per heavy atom. The average molecular weight is 460 g/mol. The number of benzene rings is 1. The van der Waals surface area contributed by atoms with Gasteiger partial charge in [0.2, 0.25) is 11.8 Å². The highest BCUT2D eigenvalue weighted by Crippen LogP contribution is 2.39. The first-order valence-corrected chi connectivity index (χ1v) is 11.3. The summed E-state index contributed by atoms with van der Waals surface area (Å²) in [5, 5.41) is 10.0. The molecule has 1 saturated carbocycles. The number of hydrogen-bond donors (Lipinski definition) is 1. The van der Waals surface area contributed by atoms with Crippen LogP contribution in [0.2, 0.25) is 0 Å². The lowest BCUT2D eigenvalue weighted by atomic mass is 10.1. The fraction of sp³-hybridized carbons (Fsp3) is 0.542. The van der Waals surface area contributed by atoms with E-state index in [1.807, 2.05) is 13.8 Å². The lowest BCUT2D eigenvalue weighted by Crippen LogP contribution is -2.42. The van der Waals surface area contributed by atoms with Gasteiger partial charge in [-0.2, -0.15) is 0 Å². The largest absolute Gasteiger partial charge is 0.474 e. The van der Waals surface area contributed by atoms with Gasteiger partial charge in [0.15, 0.2) is 11.6 Å². The molecule has 2 aromatic rings. The zero-order valence-corrected chi connectivity index (χ0v) is 19.2. The summed E-state index contributed by atoms with van der Waals surface area (Å²) in [4.78, 5) is 22.1. The monoisotopic (exact) mass is 459 g/mol. The molecule has 1 aliphatic carbocycles. The van der Waals surface area contributed by atoms with Crippen molar-refractivity contribution in [2.24, 2.45) is 0 Å². The molecule has 2 aliphatic rings. The molecule has 1 N–H and O–H groups in total. The van der Waals surface area contributed by atoms with E-state index in [0.717, 1.165) is 18.4 Å². The molecular weight excluding hydrogens is 429 g/mol. The molecular formula is C24H30FN3O5. The number of likely N-dealkylation sites (tertiary alicyclic amines) is 1. The summed E-state index contributed by atoms with van der Waals surface area (Å²) in [6.07, 6.45) is 3.97. The quantitative estimate of drug-likeness (QED) is 0.664. The summed E-state index contributed by atoms with van der Waals surface area (Å²) in [5.41, 5.74) is 0.608. The zero-order chi connectivity index (χ0) is 23.6. The maximum absolute atomic E-state index is 14.6. The maximum Gasteiger partial charge on any atom is 0.410 e. The molecule has 0 radical (unpaired) electrons. The SMILES string of the molecule is Cc1c(Oc2ccc(CC3(O)CC3)cc2F)ncnc1OC1CCN(C(=O)OC(C)C)CC1. The van der Waals surface area contributed by atoms with Gasteiger partial charge in [0.1, 0.15) is 12.4 Å². The van der Waals surface area contributed by atoms with E-state index in [9.17, 15) is 14.3 Å². The summed E-state index contributed by atoms with van der Waals surface area (Å²) < 4.78 is 31.6. The van der Waals surface area contributed by atoms with Crippen LogP contribution >= 0.6 is 0 Å². The van der Waals surface area contributed by atoms with Crippen LogP contribution in [0.25, 0.3) is 0 Å². The normalized spacial score (nSPS) is 17.7. The van der Waals surface area contributed by atoms with Crippen molar-refractivity contribution >= 4 is 6.09 Å². The van der Waals surface area contributed by atoms with E-state index in [1.165, 1.54) is 12.4 Å². The minimum atomic E-state index is -0.685. The Bertz CT molecular complexity index is 1000. The lowest BCUT2D eigenvalue weighted by molar-refractivity contribution is 0.0505. The van der Waals surface area contributed by atoms with Crippen molar-refractivity contribution in [3.8, 4) is 17.5 Å². The Hall–Kier alpha value is -2.94. The van der Waals surface area contributed by atoms with Crippen LogP contribution in [0.4, 0.5) is 9.18 Å². The molecule has 8 nitrogen and oxygen atoms in total. The molecule has 0 spiro atoms. The van der Waals surface area contributed by atoms with Crippen molar-refractivity contribution in [2.45, 2.75) is 70.7 Å². The summed E-state index contributed by atoms with van der Waals surface area (Å²) in [6.45, 7) is 6.48. The molecule has 2 heterocycles. The van der Waals surface area contributed by atoms with Gasteiger partial charge in [-0.15, -0.1) is 0 Å². The van der Waals surface area contributed by atoms with Crippen LogP contribution in [0.5, 0.6) is 17.5 Å². The van der Waals surface area contributed by atoms with Gasteiger partial charge in [-0.1, -0.05) is 6.07 Å². The number of halogens is 1. The van der Waals surface area contributed by atoms with Crippen molar-refractivity contribution in [3.05, 3.63) is 41.5 Å². The summed E-state index contributed by atoms with van der Waals surface area (Å²) in [7, 11) is 0. The van der Waals surface area contributed by atoms with Crippen molar-refractivity contribution in [3.63, 3.8) is 0 Å². The molecule has 9 heteroatoms. The van der Waals surface area contributed by atoms with E-state index >= 15 is 0 Å². The van der Waals surface area contributed by atoms with Crippen LogP contribution in [0, 0.1) is 12.7 Å². The Morgan fingerprint density at radius 3 is 2.58 bits per heavy atom. The molecule has 0 bridgehead atoms. The van der Waals surface area contributed by atoms with Crippen molar-refractivity contribution in [2.75, 3.05) is 13.1 Å². The van der Waals surface area contributed by atoms with Crippen molar-refractivity contribution < 1.29 is 28.5 Å². The van der Waals surface area contributed by atoms with Crippen molar-refractivity contribution in [1.29, 1.82) is 0 Å². The average Bonchev–Trinajstić information content (AvgIpc) is 3.49. The van der Waals surface area contributed by atoms with E-state index in [1.54, 1.807) is 24.0 Å². The first-order chi connectivity index (χ1) is 15.7. The molecule has 2 fully saturated rings. The molecule has 1 amide bonds. The van der Waals surface area contributed by atoms with Crippen LogP contribution in [-0.2, 0) is 11.2 Å². The molecule has 4 rings (SSSR count). The highest BCUT2D eigenvalue weighted by molar-refractivity contribution is 5.67. The predicted octanol–water partition coefficient (Wildman–Crippen LogP) is 4.17. The van der Waals surface area contributed by atoms with Crippen LogP contribution < -0.4 is 9.47 Å². The number of carbonyl (C=O) groups excluding carboxylic acids is 1. The molecule has 1 aromatic heterocycles.